The van der Waals surface area contributed by atoms with Gasteiger partial charge in [-0.05, 0) is 98.2 Å². The molecule has 0 aliphatic rings. The fraction of sp³-hybridized carbons (Fsp3) is 0.333. The van der Waals surface area contributed by atoms with E-state index in [0.29, 0.717) is 11.5 Å². The Bertz CT molecular complexity index is 1600. The molecule has 0 heterocycles. The maximum atomic E-state index is 12.3. The molecule has 4 aromatic carbocycles. The monoisotopic (exact) mass is 666 g/mol. The van der Waals surface area contributed by atoms with Crippen LogP contribution in [0.4, 0.5) is 0 Å². The van der Waals surface area contributed by atoms with Gasteiger partial charge >= 0.3 is 20.2 Å². The topological polar surface area (TPSA) is 105 Å². The molecule has 0 N–H and O–H groups in total. The van der Waals surface area contributed by atoms with Crippen LogP contribution in [-0.2, 0) is 20.2 Å². The van der Waals surface area contributed by atoms with Gasteiger partial charge in [0.25, 0.3) is 0 Å². The van der Waals surface area contributed by atoms with E-state index in [4.69, 9.17) is 17.8 Å². The van der Waals surface area contributed by atoms with Crippen molar-refractivity contribution in [2.24, 2.45) is 0 Å². The van der Waals surface area contributed by atoms with Crippen molar-refractivity contribution in [3.05, 3.63) is 119 Å². The van der Waals surface area contributed by atoms with Crippen LogP contribution in [0.3, 0.4) is 0 Å². The van der Waals surface area contributed by atoms with E-state index in [1.54, 1.807) is 48.5 Å². The van der Waals surface area contributed by atoms with Crippen molar-refractivity contribution in [2.75, 3.05) is 24.7 Å². The van der Waals surface area contributed by atoms with E-state index in [2.05, 4.69) is 13.8 Å². The van der Waals surface area contributed by atoms with Crippen molar-refractivity contribution in [1.29, 1.82) is 0 Å². The molecule has 0 saturated carbocycles. The van der Waals surface area contributed by atoms with Crippen molar-refractivity contribution in [2.45, 2.75) is 52.4 Å². The maximum Gasteiger partial charge on any atom is 0.312 e. The lowest BCUT2D eigenvalue weighted by Crippen LogP contribution is -2.19. The van der Waals surface area contributed by atoms with Crippen LogP contribution in [0.5, 0.6) is 23.0 Å². The first-order valence-electron chi connectivity index (χ1n) is 15.4. The zero-order chi connectivity index (χ0) is 33.2. The SMILES string of the molecule is CC[C@H](c1ccc(OCCS(=O)(=O)Oc2ccc(C)cc2)cc1)[C@@H](CC)c1ccc(OCCS(=O)(=O)Oc2ccc(C)cc2)cc1. The zero-order valence-corrected chi connectivity index (χ0v) is 28.4. The first-order chi connectivity index (χ1) is 22.0. The van der Waals surface area contributed by atoms with Crippen molar-refractivity contribution < 1.29 is 34.7 Å². The van der Waals surface area contributed by atoms with Crippen LogP contribution in [0, 0.1) is 13.8 Å². The Morgan fingerprint density at radius 3 is 1.09 bits per heavy atom. The molecule has 0 aromatic heterocycles. The van der Waals surface area contributed by atoms with Gasteiger partial charge in [-0.15, -0.1) is 0 Å². The highest BCUT2D eigenvalue weighted by atomic mass is 32.2. The molecule has 0 saturated heterocycles. The molecule has 0 unspecified atom stereocenters. The molecule has 0 bridgehead atoms. The molecular formula is C36H42O8S2. The van der Waals surface area contributed by atoms with Gasteiger partial charge in [0, 0.05) is 0 Å². The summed E-state index contributed by atoms with van der Waals surface area (Å²) in [7, 11) is -7.57. The highest BCUT2D eigenvalue weighted by Crippen LogP contribution is 2.39. The van der Waals surface area contributed by atoms with E-state index in [-0.39, 0.29) is 48.1 Å². The summed E-state index contributed by atoms with van der Waals surface area (Å²) in [6.07, 6.45) is 1.84. The average Bonchev–Trinajstić information content (AvgIpc) is 3.02. The third-order valence-electron chi connectivity index (χ3n) is 7.67. The second kappa shape index (κ2) is 16.0. The molecule has 246 valence electrons. The third-order valence-corrected chi connectivity index (χ3v) is 9.90. The van der Waals surface area contributed by atoms with Crippen molar-refractivity contribution in [3.63, 3.8) is 0 Å². The van der Waals surface area contributed by atoms with Crippen LogP contribution >= 0.6 is 0 Å². The molecule has 4 rings (SSSR count). The van der Waals surface area contributed by atoms with E-state index >= 15 is 0 Å². The average molecular weight is 667 g/mol. The van der Waals surface area contributed by atoms with Crippen molar-refractivity contribution >= 4 is 20.2 Å². The minimum atomic E-state index is -3.78. The normalized spacial score (nSPS) is 13.0. The van der Waals surface area contributed by atoms with Crippen LogP contribution < -0.4 is 17.8 Å². The second-order valence-electron chi connectivity index (χ2n) is 11.2. The van der Waals surface area contributed by atoms with E-state index < -0.39 is 20.2 Å². The van der Waals surface area contributed by atoms with Gasteiger partial charge in [-0.2, -0.15) is 16.8 Å². The molecule has 0 amide bonds. The van der Waals surface area contributed by atoms with E-state index in [9.17, 15) is 16.8 Å². The van der Waals surface area contributed by atoms with Gasteiger partial charge in [0.15, 0.2) is 0 Å². The lowest BCUT2D eigenvalue weighted by molar-refractivity contribution is 0.335. The van der Waals surface area contributed by atoms with Crippen LogP contribution in [-0.4, -0.2) is 41.6 Å². The molecule has 0 fully saturated rings. The summed E-state index contributed by atoms with van der Waals surface area (Å²) in [6.45, 7) is 8.11. The molecule has 46 heavy (non-hydrogen) atoms. The minimum Gasteiger partial charge on any atom is -0.492 e. The summed E-state index contributed by atoms with van der Waals surface area (Å²) < 4.78 is 71.1. The van der Waals surface area contributed by atoms with Gasteiger partial charge in [-0.1, -0.05) is 73.5 Å². The van der Waals surface area contributed by atoms with Crippen molar-refractivity contribution in [1.82, 2.24) is 0 Å². The first kappa shape index (κ1) is 34.8. The fourth-order valence-electron chi connectivity index (χ4n) is 5.21. The van der Waals surface area contributed by atoms with E-state index in [1.807, 2.05) is 62.4 Å². The van der Waals surface area contributed by atoms with Gasteiger partial charge in [0.1, 0.15) is 47.7 Å². The Morgan fingerprint density at radius 2 is 0.783 bits per heavy atom. The highest BCUT2D eigenvalue weighted by Gasteiger charge is 2.22. The number of aryl methyl sites for hydroxylation is 2. The maximum absolute atomic E-state index is 12.3. The van der Waals surface area contributed by atoms with Gasteiger partial charge in [0.2, 0.25) is 0 Å². The number of benzene rings is 4. The molecular weight excluding hydrogens is 625 g/mol. The molecule has 0 radical (unpaired) electrons. The molecule has 2 atom stereocenters. The first-order valence-corrected chi connectivity index (χ1v) is 18.6. The van der Waals surface area contributed by atoms with Crippen molar-refractivity contribution in [3.8, 4) is 23.0 Å². The lowest BCUT2D eigenvalue weighted by Gasteiger charge is -2.26. The standard InChI is InChI=1S/C36H42O8S2/c1-5-35(29-11-19-31(20-12-29)41-23-25-45(37,38)43-33-15-7-27(3)8-16-33)36(6-2)30-13-21-32(22-14-30)42-24-26-46(39,40)44-34-17-9-28(4)10-18-34/h7-22,35-36H,5-6,23-26H2,1-4H3/t35-,36+. The Morgan fingerprint density at radius 1 is 0.478 bits per heavy atom. The largest absolute Gasteiger partial charge is 0.492 e. The Hall–Kier alpha value is -4.02. The Labute approximate surface area is 273 Å². The zero-order valence-electron chi connectivity index (χ0n) is 26.7. The summed E-state index contributed by atoms with van der Waals surface area (Å²) in [6, 6.07) is 29.3. The number of rotatable bonds is 17. The summed E-state index contributed by atoms with van der Waals surface area (Å²) in [5.41, 5.74) is 4.36. The Balaban J connectivity index is 1.28. The number of hydrogen-bond acceptors (Lipinski definition) is 8. The second-order valence-corrected chi connectivity index (χ2v) is 14.6. The molecule has 0 spiro atoms. The van der Waals surface area contributed by atoms with E-state index in [1.165, 1.54) is 0 Å². The van der Waals surface area contributed by atoms with Crippen LogP contribution in [0.15, 0.2) is 97.1 Å². The fourth-order valence-corrected chi connectivity index (χ4v) is 6.77. The number of ether oxygens (including phenoxy) is 2. The van der Waals surface area contributed by atoms with Gasteiger partial charge in [-0.3, -0.25) is 0 Å². The van der Waals surface area contributed by atoms with Crippen LogP contribution in [0.25, 0.3) is 0 Å². The Kier molecular flexibility index (Phi) is 12.1. The predicted molar refractivity (Wildman–Crippen MR) is 181 cm³/mol. The molecule has 8 nitrogen and oxygen atoms in total. The summed E-state index contributed by atoms with van der Waals surface area (Å²) in [4.78, 5) is 0. The summed E-state index contributed by atoms with van der Waals surface area (Å²) in [5, 5.41) is 0. The summed E-state index contributed by atoms with van der Waals surface area (Å²) >= 11 is 0. The predicted octanol–water partition coefficient (Wildman–Crippen LogP) is 7.57. The third kappa shape index (κ3) is 10.5. The number of hydrogen-bond donors (Lipinski definition) is 0. The minimum absolute atomic E-state index is 0.0253. The van der Waals surface area contributed by atoms with E-state index in [0.717, 1.165) is 35.1 Å². The highest BCUT2D eigenvalue weighted by molar-refractivity contribution is 7.87. The van der Waals surface area contributed by atoms with Gasteiger partial charge < -0.3 is 17.8 Å². The van der Waals surface area contributed by atoms with Gasteiger partial charge in [0.05, 0.1) is 0 Å². The van der Waals surface area contributed by atoms with Crippen LogP contribution in [0.2, 0.25) is 0 Å². The molecule has 0 aliphatic carbocycles. The molecule has 10 heteroatoms. The van der Waals surface area contributed by atoms with Gasteiger partial charge in [-0.25, -0.2) is 0 Å². The quantitative estimate of drug-likeness (QED) is 0.106. The lowest BCUT2D eigenvalue weighted by atomic mass is 9.78. The smallest absolute Gasteiger partial charge is 0.312 e. The van der Waals surface area contributed by atoms with Crippen LogP contribution in [0.1, 0.15) is 60.8 Å². The molecule has 4 aromatic rings. The summed E-state index contributed by atoms with van der Waals surface area (Å²) in [5.74, 6) is 1.70. The molecule has 0 aliphatic heterocycles.